The van der Waals surface area contributed by atoms with Crippen molar-refractivity contribution in [2.24, 2.45) is 0 Å². The van der Waals surface area contributed by atoms with Gasteiger partial charge < -0.3 is 20.0 Å². The van der Waals surface area contributed by atoms with E-state index in [1.54, 1.807) is 18.9 Å². The van der Waals surface area contributed by atoms with Crippen molar-refractivity contribution in [3.63, 3.8) is 0 Å². The van der Waals surface area contributed by atoms with Gasteiger partial charge in [-0.3, -0.25) is 0 Å². The van der Waals surface area contributed by atoms with Gasteiger partial charge >= 0.3 is 5.97 Å². The van der Waals surface area contributed by atoms with E-state index in [4.69, 9.17) is 17.3 Å². The summed E-state index contributed by atoms with van der Waals surface area (Å²) in [5.74, 6) is -0.848. The van der Waals surface area contributed by atoms with E-state index in [0.29, 0.717) is 4.77 Å². The standard InChI is InChI=1S/C17H17N3O2S/c1-10(16(21)22)20(2)13-5-3-4-11(8-13)12-6-7-14-15(9-12)19-17(23)18-14/h3-10H,1-2H3,(H,21,22)(H2,18,19,23). The SMILES string of the molecule is CC(C(=O)O)N(C)c1cccc(-c2ccc3[nH]c(=S)[nH]c3c2)c1. The first-order valence-electron chi connectivity index (χ1n) is 7.24. The summed E-state index contributed by atoms with van der Waals surface area (Å²) in [5, 5.41) is 9.16. The van der Waals surface area contributed by atoms with Crippen molar-refractivity contribution < 1.29 is 9.90 Å². The summed E-state index contributed by atoms with van der Waals surface area (Å²) in [7, 11) is 1.78. The van der Waals surface area contributed by atoms with Gasteiger partial charge in [-0.15, -0.1) is 0 Å². The van der Waals surface area contributed by atoms with E-state index in [1.165, 1.54) is 0 Å². The minimum absolute atomic E-state index is 0.589. The molecule has 0 saturated heterocycles. The van der Waals surface area contributed by atoms with Gasteiger partial charge in [0, 0.05) is 12.7 Å². The molecule has 1 unspecified atom stereocenters. The minimum atomic E-state index is -0.848. The number of hydrogen-bond donors (Lipinski definition) is 3. The number of nitrogens with one attached hydrogen (secondary N) is 2. The van der Waals surface area contributed by atoms with Crippen LogP contribution in [0.5, 0.6) is 0 Å². The molecule has 1 aromatic heterocycles. The van der Waals surface area contributed by atoms with E-state index < -0.39 is 12.0 Å². The van der Waals surface area contributed by atoms with Crippen LogP contribution in [-0.4, -0.2) is 34.1 Å². The number of benzene rings is 2. The zero-order valence-electron chi connectivity index (χ0n) is 12.8. The summed E-state index contributed by atoms with van der Waals surface area (Å²) in [6.45, 7) is 1.67. The van der Waals surface area contributed by atoms with Crippen LogP contribution >= 0.6 is 12.2 Å². The van der Waals surface area contributed by atoms with Crippen molar-refractivity contribution in [1.82, 2.24) is 9.97 Å². The van der Waals surface area contributed by atoms with Crippen molar-refractivity contribution in [2.45, 2.75) is 13.0 Å². The number of imidazole rings is 1. The van der Waals surface area contributed by atoms with Gasteiger partial charge in [0.25, 0.3) is 0 Å². The van der Waals surface area contributed by atoms with E-state index in [-0.39, 0.29) is 0 Å². The van der Waals surface area contributed by atoms with Crippen LogP contribution in [0.3, 0.4) is 0 Å². The number of likely N-dealkylation sites (N-methyl/N-ethyl adjacent to an activating group) is 1. The third-order valence-corrected chi connectivity index (χ3v) is 4.25. The fourth-order valence-corrected chi connectivity index (χ4v) is 2.73. The summed E-state index contributed by atoms with van der Waals surface area (Å²) in [4.78, 5) is 19.1. The summed E-state index contributed by atoms with van der Waals surface area (Å²) in [6.07, 6.45) is 0. The average molecular weight is 327 g/mol. The lowest BCUT2D eigenvalue weighted by molar-refractivity contribution is -0.138. The maximum atomic E-state index is 11.2. The molecular formula is C17H17N3O2S. The van der Waals surface area contributed by atoms with Gasteiger partial charge in [0.15, 0.2) is 4.77 Å². The first-order chi connectivity index (χ1) is 11.0. The minimum Gasteiger partial charge on any atom is -0.480 e. The third-order valence-electron chi connectivity index (χ3n) is 4.04. The van der Waals surface area contributed by atoms with Crippen LogP contribution in [0.1, 0.15) is 6.92 Å². The van der Waals surface area contributed by atoms with E-state index >= 15 is 0 Å². The Morgan fingerprint density at radius 1 is 1.13 bits per heavy atom. The van der Waals surface area contributed by atoms with Crippen molar-refractivity contribution >= 4 is 34.9 Å². The Morgan fingerprint density at radius 2 is 1.83 bits per heavy atom. The van der Waals surface area contributed by atoms with Crippen LogP contribution in [0.4, 0.5) is 5.69 Å². The Labute approximate surface area is 138 Å². The lowest BCUT2D eigenvalue weighted by Crippen LogP contribution is -2.35. The van der Waals surface area contributed by atoms with Crippen LogP contribution in [0.2, 0.25) is 0 Å². The average Bonchev–Trinajstić information content (AvgIpc) is 2.92. The number of H-pyrrole nitrogens is 2. The molecule has 3 rings (SSSR count). The molecule has 0 spiro atoms. The molecule has 0 fully saturated rings. The number of aromatic nitrogens is 2. The predicted octanol–water partition coefficient (Wildman–Crippen LogP) is 3.80. The maximum Gasteiger partial charge on any atom is 0.326 e. The molecule has 0 saturated carbocycles. The second-order valence-corrected chi connectivity index (χ2v) is 5.92. The van der Waals surface area contributed by atoms with Crippen LogP contribution in [-0.2, 0) is 4.79 Å². The lowest BCUT2D eigenvalue weighted by atomic mass is 10.0. The van der Waals surface area contributed by atoms with Gasteiger partial charge in [0.1, 0.15) is 6.04 Å². The fraction of sp³-hybridized carbons (Fsp3) is 0.176. The van der Waals surface area contributed by atoms with Crippen molar-refractivity contribution in [1.29, 1.82) is 0 Å². The highest BCUT2D eigenvalue weighted by Crippen LogP contribution is 2.27. The van der Waals surface area contributed by atoms with Gasteiger partial charge in [-0.2, -0.15) is 0 Å². The smallest absolute Gasteiger partial charge is 0.326 e. The number of aromatic amines is 2. The number of hydrogen-bond acceptors (Lipinski definition) is 3. The second-order valence-electron chi connectivity index (χ2n) is 5.51. The van der Waals surface area contributed by atoms with E-state index in [0.717, 1.165) is 27.8 Å². The van der Waals surface area contributed by atoms with Crippen LogP contribution in [0.15, 0.2) is 42.5 Å². The number of carbonyl (C=O) groups is 1. The highest BCUT2D eigenvalue weighted by atomic mass is 32.1. The molecule has 0 aliphatic heterocycles. The van der Waals surface area contributed by atoms with E-state index in [2.05, 4.69) is 9.97 Å². The molecule has 118 valence electrons. The molecule has 1 heterocycles. The zero-order chi connectivity index (χ0) is 16.6. The second kappa shape index (κ2) is 5.89. The summed E-state index contributed by atoms with van der Waals surface area (Å²) < 4.78 is 0.598. The van der Waals surface area contributed by atoms with E-state index in [1.807, 2.05) is 42.5 Å². The molecule has 0 aliphatic rings. The monoisotopic (exact) mass is 327 g/mol. The molecule has 0 amide bonds. The Bertz CT molecular complexity index is 929. The molecule has 3 N–H and O–H groups in total. The zero-order valence-corrected chi connectivity index (χ0v) is 13.6. The molecule has 6 heteroatoms. The van der Waals surface area contributed by atoms with Gasteiger partial charge in [-0.25, -0.2) is 4.79 Å². The Kier molecular flexibility index (Phi) is 3.92. The molecule has 0 bridgehead atoms. The topological polar surface area (TPSA) is 72.1 Å². The number of fused-ring (bicyclic) bond motifs is 1. The number of rotatable bonds is 4. The number of nitrogens with zero attached hydrogens (tertiary/aromatic N) is 1. The Morgan fingerprint density at radius 3 is 2.57 bits per heavy atom. The van der Waals surface area contributed by atoms with Crippen molar-refractivity contribution in [3.8, 4) is 11.1 Å². The summed E-state index contributed by atoms with van der Waals surface area (Å²) in [5.41, 5.74) is 4.84. The maximum absolute atomic E-state index is 11.2. The first-order valence-corrected chi connectivity index (χ1v) is 7.64. The highest BCUT2D eigenvalue weighted by Gasteiger charge is 2.17. The van der Waals surface area contributed by atoms with E-state index in [9.17, 15) is 4.79 Å². The molecule has 0 radical (unpaired) electrons. The molecule has 3 aromatic rings. The fourth-order valence-electron chi connectivity index (χ4n) is 2.51. The van der Waals surface area contributed by atoms with Crippen LogP contribution in [0.25, 0.3) is 22.2 Å². The quantitative estimate of drug-likeness (QED) is 0.637. The number of aliphatic carboxylic acids is 1. The van der Waals surface area contributed by atoms with Crippen molar-refractivity contribution in [3.05, 3.63) is 47.2 Å². The first kappa shape index (κ1) is 15.3. The van der Waals surface area contributed by atoms with Crippen LogP contribution in [0, 0.1) is 4.77 Å². The molecule has 5 nitrogen and oxygen atoms in total. The normalized spacial score (nSPS) is 12.3. The summed E-state index contributed by atoms with van der Waals surface area (Å²) in [6, 6.07) is 13.3. The number of carboxylic acid groups (broad SMARTS) is 1. The van der Waals surface area contributed by atoms with Gasteiger partial charge in [-0.05, 0) is 54.5 Å². The number of anilines is 1. The molecule has 23 heavy (non-hydrogen) atoms. The Hall–Kier alpha value is -2.60. The van der Waals surface area contributed by atoms with Crippen LogP contribution < -0.4 is 4.90 Å². The van der Waals surface area contributed by atoms with Crippen molar-refractivity contribution in [2.75, 3.05) is 11.9 Å². The lowest BCUT2D eigenvalue weighted by Gasteiger charge is -2.24. The Balaban J connectivity index is 2.00. The summed E-state index contributed by atoms with van der Waals surface area (Å²) >= 11 is 5.11. The van der Waals surface area contributed by atoms with Gasteiger partial charge in [-0.1, -0.05) is 18.2 Å². The third kappa shape index (κ3) is 2.98. The molecule has 0 aliphatic carbocycles. The molecular weight excluding hydrogens is 310 g/mol. The largest absolute Gasteiger partial charge is 0.480 e. The molecule has 2 aromatic carbocycles. The highest BCUT2D eigenvalue weighted by molar-refractivity contribution is 7.71. The van der Waals surface area contributed by atoms with Gasteiger partial charge in [0.05, 0.1) is 11.0 Å². The number of carboxylic acids is 1. The predicted molar refractivity (Wildman–Crippen MR) is 94.4 cm³/mol. The molecule has 1 atom stereocenters. The van der Waals surface area contributed by atoms with Gasteiger partial charge in [0.2, 0.25) is 0 Å².